The first kappa shape index (κ1) is 16.3. The Morgan fingerprint density at radius 2 is 2.09 bits per heavy atom. The molecule has 3 rings (SSSR count). The zero-order chi connectivity index (χ0) is 16.3. The highest BCUT2D eigenvalue weighted by atomic mass is 16.3. The smallest absolute Gasteiger partial charge is 0.222 e. The van der Waals surface area contributed by atoms with E-state index in [4.69, 9.17) is 5.11 Å². The number of benzene rings is 1. The summed E-state index contributed by atoms with van der Waals surface area (Å²) in [6.07, 6.45) is 3.84. The molecule has 1 amide bonds. The highest BCUT2D eigenvalue weighted by Gasteiger charge is 2.41. The summed E-state index contributed by atoms with van der Waals surface area (Å²) in [5, 5.41) is 18.8. The van der Waals surface area contributed by atoms with E-state index in [2.05, 4.69) is 4.90 Å². The number of aliphatic hydroxyl groups is 1. The number of aromatic hydroxyl groups is 1. The van der Waals surface area contributed by atoms with Crippen molar-refractivity contribution in [1.82, 2.24) is 9.80 Å². The van der Waals surface area contributed by atoms with Crippen LogP contribution in [0.4, 0.5) is 0 Å². The molecule has 2 N–H and O–H groups in total. The van der Waals surface area contributed by atoms with E-state index in [1.165, 1.54) is 0 Å². The zero-order valence-electron chi connectivity index (χ0n) is 13.6. The van der Waals surface area contributed by atoms with Crippen LogP contribution in [0.2, 0.25) is 0 Å². The van der Waals surface area contributed by atoms with Crippen LogP contribution >= 0.6 is 0 Å². The molecule has 0 bridgehead atoms. The van der Waals surface area contributed by atoms with Crippen LogP contribution in [-0.2, 0) is 11.3 Å². The van der Waals surface area contributed by atoms with Crippen molar-refractivity contribution in [2.45, 2.75) is 32.2 Å². The number of carbonyl (C=O) groups is 1. The Bertz CT molecular complexity index is 563. The predicted molar refractivity (Wildman–Crippen MR) is 88.0 cm³/mol. The number of phenols is 1. The van der Waals surface area contributed by atoms with Gasteiger partial charge in [-0.15, -0.1) is 0 Å². The summed E-state index contributed by atoms with van der Waals surface area (Å²) < 4.78 is 0. The monoisotopic (exact) mass is 318 g/mol. The lowest BCUT2D eigenvalue weighted by Gasteiger charge is -2.48. The van der Waals surface area contributed by atoms with Gasteiger partial charge in [-0.25, -0.2) is 0 Å². The van der Waals surface area contributed by atoms with Gasteiger partial charge in [0.1, 0.15) is 5.75 Å². The minimum atomic E-state index is 0.0365. The quantitative estimate of drug-likeness (QED) is 0.885. The number of nitrogens with zero attached hydrogens (tertiary/aromatic N) is 2. The van der Waals surface area contributed by atoms with Crippen molar-refractivity contribution in [2.24, 2.45) is 5.41 Å². The van der Waals surface area contributed by atoms with Crippen LogP contribution in [0.1, 0.15) is 31.2 Å². The van der Waals surface area contributed by atoms with Crippen LogP contribution in [0.25, 0.3) is 0 Å². The van der Waals surface area contributed by atoms with E-state index < -0.39 is 0 Å². The van der Waals surface area contributed by atoms with Crippen molar-refractivity contribution in [3.63, 3.8) is 0 Å². The fourth-order valence-electron chi connectivity index (χ4n) is 4.12. The highest BCUT2D eigenvalue weighted by molar-refractivity contribution is 5.77. The van der Waals surface area contributed by atoms with Crippen LogP contribution in [-0.4, -0.2) is 58.7 Å². The average Bonchev–Trinajstić information content (AvgIpc) is 2.52. The molecule has 5 heteroatoms. The van der Waals surface area contributed by atoms with E-state index in [1.807, 2.05) is 23.1 Å². The summed E-state index contributed by atoms with van der Waals surface area (Å²) in [4.78, 5) is 16.3. The lowest BCUT2D eigenvalue weighted by molar-refractivity contribution is -0.140. The molecule has 2 heterocycles. The molecule has 5 nitrogen and oxygen atoms in total. The minimum Gasteiger partial charge on any atom is -0.508 e. The van der Waals surface area contributed by atoms with Gasteiger partial charge < -0.3 is 15.1 Å². The Hall–Kier alpha value is -1.59. The molecule has 0 saturated carbocycles. The van der Waals surface area contributed by atoms with Crippen LogP contribution < -0.4 is 0 Å². The van der Waals surface area contributed by atoms with Crippen molar-refractivity contribution in [3.8, 4) is 5.75 Å². The fraction of sp³-hybridized carbons (Fsp3) is 0.611. The zero-order valence-corrected chi connectivity index (χ0v) is 13.6. The molecule has 0 aromatic heterocycles. The third-order valence-electron chi connectivity index (χ3n) is 5.18. The average molecular weight is 318 g/mol. The van der Waals surface area contributed by atoms with Gasteiger partial charge in [0.15, 0.2) is 0 Å². The summed E-state index contributed by atoms with van der Waals surface area (Å²) in [5.41, 5.74) is 1.29. The highest BCUT2D eigenvalue weighted by Crippen LogP contribution is 2.39. The summed E-state index contributed by atoms with van der Waals surface area (Å²) in [6, 6.07) is 7.44. The van der Waals surface area contributed by atoms with Crippen molar-refractivity contribution < 1.29 is 15.0 Å². The molecule has 0 unspecified atom stereocenters. The van der Waals surface area contributed by atoms with E-state index in [0.717, 1.165) is 51.0 Å². The molecule has 1 aromatic carbocycles. The molecule has 23 heavy (non-hydrogen) atoms. The SMILES string of the molecule is O=C1CC[C@]2(CCCN(Cc3cccc(O)c3)C2)CN1CCO. The van der Waals surface area contributed by atoms with E-state index in [1.54, 1.807) is 6.07 Å². The first-order chi connectivity index (χ1) is 11.1. The van der Waals surface area contributed by atoms with E-state index in [9.17, 15) is 9.90 Å². The lowest BCUT2D eigenvalue weighted by Crippen LogP contribution is -2.54. The molecule has 0 radical (unpaired) electrons. The maximum Gasteiger partial charge on any atom is 0.222 e. The number of piperidine rings is 2. The third kappa shape index (κ3) is 3.85. The Labute approximate surface area is 137 Å². The fourth-order valence-corrected chi connectivity index (χ4v) is 4.12. The second-order valence-corrected chi connectivity index (χ2v) is 7.02. The van der Waals surface area contributed by atoms with Gasteiger partial charge in [-0.3, -0.25) is 9.69 Å². The molecule has 1 aromatic rings. The molecule has 2 aliphatic rings. The summed E-state index contributed by atoms with van der Waals surface area (Å²) in [6.45, 7) is 4.14. The topological polar surface area (TPSA) is 64.0 Å². The number of hydrogen-bond donors (Lipinski definition) is 2. The Morgan fingerprint density at radius 1 is 1.22 bits per heavy atom. The molecule has 126 valence electrons. The van der Waals surface area contributed by atoms with Gasteiger partial charge in [-0.1, -0.05) is 12.1 Å². The molecule has 2 saturated heterocycles. The molecule has 2 fully saturated rings. The number of phenolic OH excluding ortho intramolecular Hbond substituents is 1. The number of aliphatic hydroxyl groups excluding tert-OH is 1. The second-order valence-electron chi connectivity index (χ2n) is 7.02. The van der Waals surface area contributed by atoms with E-state index >= 15 is 0 Å². The van der Waals surface area contributed by atoms with Crippen molar-refractivity contribution >= 4 is 5.91 Å². The molecule has 2 aliphatic heterocycles. The first-order valence-electron chi connectivity index (χ1n) is 8.49. The predicted octanol–water partition coefficient (Wildman–Crippen LogP) is 1.59. The second kappa shape index (κ2) is 6.89. The maximum atomic E-state index is 12.0. The number of carbonyl (C=O) groups excluding carboxylic acids is 1. The number of amides is 1. The van der Waals surface area contributed by atoms with Crippen LogP contribution in [0.5, 0.6) is 5.75 Å². The number of hydrogen-bond acceptors (Lipinski definition) is 4. The Morgan fingerprint density at radius 3 is 2.87 bits per heavy atom. The van der Waals surface area contributed by atoms with E-state index in [-0.39, 0.29) is 17.9 Å². The van der Waals surface area contributed by atoms with Crippen molar-refractivity contribution in [1.29, 1.82) is 0 Å². The van der Waals surface area contributed by atoms with E-state index in [0.29, 0.717) is 18.7 Å². The Kier molecular flexibility index (Phi) is 4.87. The maximum absolute atomic E-state index is 12.0. The van der Waals surface area contributed by atoms with Gasteiger partial charge in [0, 0.05) is 38.0 Å². The summed E-state index contributed by atoms with van der Waals surface area (Å²) >= 11 is 0. The Balaban J connectivity index is 1.66. The lowest BCUT2D eigenvalue weighted by atomic mass is 9.73. The minimum absolute atomic E-state index is 0.0365. The molecular formula is C18H26N2O3. The van der Waals surface area contributed by atoms with Crippen LogP contribution in [0, 0.1) is 5.41 Å². The van der Waals surface area contributed by atoms with Crippen molar-refractivity contribution in [2.75, 3.05) is 32.8 Å². The van der Waals surface area contributed by atoms with Gasteiger partial charge >= 0.3 is 0 Å². The molecule has 1 atom stereocenters. The standard InChI is InChI=1S/C18H26N2O3/c21-10-9-20-14-18(7-5-17(20)23)6-2-8-19(13-18)12-15-3-1-4-16(22)11-15/h1,3-4,11,21-22H,2,5-10,12-14H2/t18-/m0/s1. The number of β-amino-alcohol motifs (C(OH)–C–C–N with tert-alkyl or cyclic N) is 1. The summed E-state index contributed by atoms with van der Waals surface area (Å²) in [5.74, 6) is 0.487. The number of rotatable bonds is 4. The van der Waals surface area contributed by atoms with Crippen molar-refractivity contribution in [3.05, 3.63) is 29.8 Å². The van der Waals surface area contributed by atoms with Crippen LogP contribution in [0.3, 0.4) is 0 Å². The largest absolute Gasteiger partial charge is 0.508 e. The molecule has 1 spiro atoms. The first-order valence-corrected chi connectivity index (χ1v) is 8.49. The van der Waals surface area contributed by atoms with Crippen LogP contribution in [0.15, 0.2) is 24.3 Å². The van der Waals surface area contributed by atoms with Gasteiger partial charge in [-0.05, 0) is 43.5 Å². The van der Waals surface area contributed by atoms with Gasteiger partial charge in [0.2, 0.25) is 5.91 Å². The van der Waals surface area contributed by atoms with Gasteiger partial charge in [-0.2, -0.15) is 0 Å². The third-order valence-corrected chi connectivity index (χ3v) is 5.18. The normalized spacial score (nSPS) is 26.0. The number of likely N-dealkylation sites (tertiary alicyclic amines) is 2. The summed E-state index contributed by atoms with van der Waals surface area (Å²) in [7, 11) is 0. The van der Waals surface area contributed by atoms with Gasteiger partial charge in [0.25, 0.3) is 0 Å². The molecular weight excluding hydrogens is 292 g/mol. The molecule has 0 aliphatic carbocycles. The van der Waals surface area contributed by atoms with Gasteiger partial charge in [0.05, 0.1) is 6.61 Å².